The van der Waals surface area contributed by atoms with Gasteiger partial charge in [0.25, 0.3) is 5.91 Å². The third-order valence-electron chi connectivity index (χ3n) is 3.02. The fourth-order valence-electron chi connectivity index (χ4n) is 1.88. The molecule has 0 aliphatic carbocycles. The predicted octanol–water partition coefficient (Wildman–Crippen LogP) is 1.51. The smallest absolute Gasteiger partial charge is 0.358 e. The molecule has 0 saturated carbocycles. The van der Waals surface area contributed by atoms with Crippen LogP contribution in [0.2, 0.25) is 0 Å². The molecule has 0 bridgehead atoms. The fraction of sp³-hybridized carbons (Fsp3) is 0.417. The number of hydrogen-bond acceptors (Lipinski definition) is 5. The van der Waals surface area contributed by atoms with Crippen molar-refractivity contribution in [1.29, 1.82) is 0 Å². The zero-order valence-electron chi connectivity index (χ0n) is 12.1. The first kappa shape index (κ1) is 16.1. The Balaban J connectivity index is 1.94. The molecule has 2 aromatic rings. The molecule has 0 radical (unpaired) electrons. The van der Waals surface area contributed by atoms with Gasteiger partial charge in [-0.1, -0.05) is 0 Å². The van der Waals surface area contributed by atoms with Gasteiger partial charge in [0.2, 0.25) is 0 Å². The predicted molar refractivity (Wildman–Crippen MR) is 81.6 cm³/mol. The zero-order chi connectivity index (χ0) is 16.3. The van der Waals surface area contributed by atoms with Gasteiger partial charge in [-0.05, 0) is 34.7 Å². The molecule has 2 heterocycles. The molecule has 1 N–H and O–H groups in total. The number of halogens is 1. The number of rotatable bonds is 6. The third-order valence-corrected chi connectivity index (χ3v) is 3.60. The van der Waals surface area contributed by atoms with Crippen LogP contribution in [-0.4, -0.2) is 36.9 Å². The van der Waals surface area contributed by atoms with Gasteiger partial charge in [0.1, 0.15) is 0 Å². The lowest BCUT2D eigenvalue weighted by Gasteiger charge is -2.03. The number of nitrogens with one attached hydrogen (secondary N) is 1. The summed E-state index contributed by atoms with van der Waals surface area (Å²) in [4.78, 5) is 22.1. The first-order valence-electron chi connectivity index (χ1n) is 6.62. The molecule has 0 atom stereocenters. The van der Waals surface area contributed by atoms with Crippen LogP contribution >= 0.6 is 15.9 Å². The first-order valence-corrected chi connectivity index (χ1v) is 7.41. The van der Waals surface area contributed by atoms with E-state index in [2.05, 4.69) is 31.4 Å². The van der Waals surface area contributed by atoms with Crippen molar-refractivity contribution in [1.82, 2.24) is 24.9 Å². The van der Waals surface area contributed by atoms with Gasteiger partial charge in [-0.3, -0.25) is 9.48 Å². The van der Waals surface area contributed by atoms with E-state index in [1.807, 2.05) is 6.92 Å². The van der Waals surface area contributed by atoms with E-state index in [-0.39, 0.29) is 11.7 Å². The average Bonchev–Trinajstić information content (AvgIpc) is 3.02. The van der Waals surface area contributed by atoms with Gasteiger partial charge in [-0.25, -0.2) is 0 Å². The van der Waals surface area contributed by atoms with Crippen LogP contribution in [0.4, 0.5) is 5.82 Å². The first-order chi connectivity index (χ1) is 10.4. The normalized spacial score (nSPS) is 10.7. The lowest BCUT2D eigenvalue weighted by atomic mass is 10.4. The number of nitro groups is 1. The maximum atomic E-state index is 12.0. The minimum absolute atomic E-state index is 0.201. The third kappa shape index (κ3) is 3.50. The Kier molecular flexibility index (Phi) is 4.91. The number of carbonyl (C=O) groups is 1. The summed E-state index contributed by atoms with van der Waals surface area (Å²) in [5.74, 6) is -0.508. The summed E-state index contributed by atoms with van der Waals surface area (Å²) >= 11 is 3.29. The number of carbonyl (C=O) groups excluding carboxylic acids is 1. The van der Waals surface area contributed by atoms with E-state index >= 15 is 0 Å². The van der Waals surface area contributed by atoms with E-state index in [9.17, 15) is 14.9 Å². The van der Waals surface area contributed by atoms with Gasteiger partial charge in [0, 0.05) is 19.3 Å². The van der Waals surface area contributed by atoms with Crippen molar-refractivity contribution in [3.63, 3.8) is 0 Å². The van der Waals surface area contributed by atoms with E-state index in [1.165, 1.54) is 10.7 Å². The highest BCUT2D eigenvalue weighted by atomic mass is 79.9. The SMILES string of the molecule is CCn1cc(Br)c(C(=O)NCCn2nc([N+](=O)[O-])cc2C)n1. The van der Waals surface area contributed by atoms with Crippen molar-refractivity contribution in [3.05, 3.63) is 38.2 Å². The summed E-state index contributed by atoms with van der Waals surface area (Å²) in [7, 11) is 0. The van der Waals surface area contributed by atoms with Crippen LogP contribution in [0, 0.1) is 17.0 Å². The second kappa shape index (κ2) is 6.69. The summed E-state index contributed by atoms with van der Waals surface area (Å²) in [6.07, 6.45) is 1.73. The number of nitrogens with zero attached hydrogens (tertiary/aromatic N) is 5. The molecular weight excluding hydrogens is 356 g/mol. The van der Waals surface area contributed by atoms with Gasteiger partial charge < -0.3 is 15.4 Å². The van der Waals surface area contributed by atoms with Gasteiger partial charge in [0.15, 0.2) is 5.69 Å². The zero-order valence-corrected chi connectivity index (χ0v) is 13.7. The topological polar surface area (TPSA) is 108 Å². The Hall–Kier alpha value is -2.23. The van der Waals surface area contributed by atoms with Crippen molar-refractivity contribution >= 4 is 27.7 Å². The summed E-state index contributed by atoms with van der Waals surface area (Å²) < 4.78 is 3.76. The van der Waals surface area contributed by atoms with Gasteiger partial charge >= 0.3 is 5.82 Å². The summed E-state index contributed by atoms with van der Waals surface area (Å²) in [6, 6.07) is 1.39. The highest BCUT2D eigenvalue weighted by Crippen LogP contribution is 2.14. The quantitative estimate of drug-likeness (QED) is 0.612. The minimum atomic E-state index is -0.545. The molecule has 118 valence electrons. The van der Waals surface area contributed by atoms with Gasteiger partial charge in [-0.15, -0.1) is 0 Å². The Morgan fingerprint density at radius 3 is 2.77 bits per heavy atom. The van der Waals surface area contributed by atoms with Crippen molar-refractivity contribution < 1.29 is 9.72 Å². The van der Waals surface area contributed by atoms with Crippen LogP contribution in [0.15, 0.2) is 16.7 Å². The van der Waals surface area contributed by atoms with Crippen LogP contribution < -0.4 is 5.32 Å². The molecule has 0 unspecified atom stereocenters. The standard InChI is InChI=1S/C12H15BrN6O3/c1-3-17-7-9(13)11(16-17)12(20)14-4-5-18-8(2)6-10(15-18)19(21)22/h6-7H,3-5H2,1-2H3,(H,14,20). The van der Waals surface area contributed by atoms with E-state index in [1.54, 1.807) is 17.8 Å². The average molecular weight is 371 g/mol. The van der Waals surface area contributed by atoms with Gasteiger partial charge in [0.05, 0.1) is 27.9 Å². The van der Waals surface area contributed by atoms with E-state index in [4.69, 9.17) is 0 Å². The minimum Gasteiger partial charge on any atom is -0.358 e. The molecular formula is C12H15BrN6O3. The summed E-state index contributed by atoms with van der Waals surface area (Å²) in [5, 5.41) is 21.4. The molecule has 0 fully saturated rings. The molecule has 9 nitrogen and oxygen atoms in total. The lowest BCUT2D eigenvalue weighted by molar-refractivity contribution is -0.389. The van der Waals surface area contributed by atoms with Crippen LogP contribution in [0.1, 0.15) is 23.1 Å². The molecule has 22 heavy (non-hydrogen) atoms. The maximum Gasteiger partial charge on any atom is 0.390 e. The van der Waals surface area contributed by atoms with Crippen LogP contribution in [-0.2, 0) is 13.1 Å². The molecule has 2 rings (SSSR count). The Morgan fingerprint density at radius 2 is 2.23 bits per heavy atom. The largest absolute Gasteiger partial charge is 0.390 e. The molecule has 0 spiro atoms. The highest BCUT2D eigenvalue weighted by molar-refractivity contribution is 9.10. The molecule has 0 aromatic carbocycles. The second-order valence-electron chi connectivity index (χ2n) is 4.56. The monoisotopic (exact) mass is 370 g/mol. The van der Waals surface area contributed by atoms with Crippen LogP contribution in [0.5, 0.6) is 0 Å². The van der Waals surface area contributed by atoms with E-state index in [0.29, 0.717) is 35.5 Å². The number of amides is 1. The maximum absolute atomic E-state index is 12.0. The molecule has 0 aliphatic rings. The fourth-order valence-corrected chi connectivity index (χ4v) is 2.38. The highest BCUT2D eigenvalue weighted by Gasteiger charge is 2.17. The molecule has 0 saturated heterocycles. The Labute approximate surface area is 134 Å². The van der Waals surface area contributed by atoms with E-state index < -0.39 is 4.92 Å². The van der Waals surface area contributed by atoms with Gasteiger partial charge in [-0.2, -0.15) is 9.78 Å². The summed E-state index contributed by atoms with van der Waals surface area (Å²) in [6.45, 7) is 4.96. The molecule has 2 aromatic heterocycles. The second-order valence-corrected chi connectivity index (χ2v) is 5.42. The van der Waals surface area contributed by atoms with Crippen molar-refractivity contribution in [3.8, 4) is 0 Å². The molecule has 0 aliphatic heterocycles. The number of aromatic nitrogens is 4. The Morgan fingerprint density at radius 1 is 1.50 bits per heavy atom. The Bertz CT molecular complexity index is 708. The lowest BCUT2D eigenvalue weighted by Crippen LogP contribution is -2.28. The molecule has 1 amide bonds. The molecule has 10 heteroatoms. The number of hydrogen-bond donors (Lipinski definition) is 1. The number of aryl methyl sites for hydroxylation is 2. The van der Waals surface area contributed by atoms with Crippen molar-refractivity contribution in [2.45, 2.75) is 26.9 Å². The van der Waals surface area contributed by atoms with E-state index in [0.717, 1.165) is 0 Å². The van der Waals surface area contributed by atoms with Crippen molar-refractivity contribution in [2.75, 3.05) is 6.54 Å². The van der Waals surface area contributed by atoms with Crippen molar-refractivity contribution in [2.24, 2.45) is 0 Å². The van der Waals surface area contributed by atoms with Crippen LogP contribution in [0.3, 0.4) is 0 Å². The summed E-state index contributed by atoms with van der Waals surface area (Å²) in [5.41, 5.74) is 0.974. The van der Waals surface area contributed by atoms with Crippen LogP contribution in [0.25, 0.3) is 0 Å².